The molecule has 1 N–H and O–H groups in total. The number of oxime groups is 1. The highest BCUT2D eigenvalue weighted by molar-refractivity contribution is 6.01. The van der Waals surface area contributed by atoms with Crippen molar-refractivity contribution in [2.24, 2.45) is 5.16 Å². The molecule has 1 amide bonds. The van der Waals surface area contributed by atoms with Gasteiger partial charge in [0.25, 0.3) is 0 Å². The van der Waals surface area contributed by atoms with Gasteiger partial charge in [0.1, 0.15) is 11.9 Å². The van der Waals surface area contributed by atoms with Gasteiger partial charge >= 0.3 is 0 Å². The van der Waals surface area contributed by atoms with Gasteiger partial charge in [0.05, 0.1) is 31.2 Å². The highest BCUT2D eigenvalue weighted by atomic mass is 19.1. The van der Waals surface area contributed by atoms with E-state index >= 15 is 0 Å². The second kappa shape index (κ2) is 6.95. The third kappa shape index (κ3) is 3.79. The van der Waals surface area contributed by atoms with Crippen molar-refractivity contribution in [1.82, 2.24) is 5.32 Å². The summed E-state index contributed by atoms with van der Waals surface area (Å²) in [5, 5.41) is 6.71. The van der Waals surface area contributed by atoms with Gasteiger partial charge in [-0.2, -0.15) is 0 Å². The monoisotopic (exact) mass is 321 g/mol. The van der Waals surface area contributed by atoms with Gasteiger partial charge < -0.3 is 19.8 Å². The fourth-order valence-electron chi connectivity index (χ4n) is 2.71. The van der Waals surface area contributed by atoms with Crippen LogP contribution in [0.2, 0.25) is 0 Å². The van der Waals surface area contributed by atoms with E-state index in [9.17, 15) is 9.18 Å². The number of amides is 1. The summed E-state index contributed by atoms with van der Waals surface area (Å²) in [5.74, 6) is -0.375. The zero-order chi connectivity index (χ0) is 16.2. The summed E-state index contributed by atoms with van der Waals surface area (Å²) >= 11 is 0. The Bertz CT molecular complexity index is 615. The number of rotatable bonds is 4. The van der Waals surface area contributed by atoms with Gasteiger partial charge in [-0.25, -0.2) is 4.39 Å². The number of nitrogens with zero attached hydrogens (tertiary/aromatic N) is 2. The Morgan fingerprint density at radius 1 is 1.43 bits per heavy atom. The number of hydrogen-bond donors (Lipinski definition) is 1. The summed E-state index contributed by atoms with van der Waals surface area (Å²) in [6, 6.07) is 5.13. The SMILES string of the molecule is CC(=O)NC[C@H]1CC(c2ccc(N3CCOCC3)c(F)c2)=NO1. The van der Waals surface area contributed by atoms with Crippen LogP contribution in [0.15, 0.2) is 23.4 Å². The number of benzene rings is 1. The summed E-state index contributed by atoms with van der Waals surface area (Å²) < 4.78 is 19.7. The average Bonchev–Trinajstić information content (AvgIpc) is 3.02. The van der Waals surface area contributed by atoms with E-state index in [-0.39, 0.29) is 17.8 Å². The third-order valence-corrected chi connectivity index (χ3v) is 3.94. The van der Waals surface area contributed by atoms with Crippen molar-refractivity contribution < 1.29 is 18.8 Å². The van der Waals surface area contributed by atoms with E-state index in [1.54, 1.807) is 6.07 Å². The maximum Gasteiger partial charge on any atom is 0.217 e. The van der Waals surface area contributed by atoms with Crippen LogP contribution in [0.3, 0.4) is 0 Å². The van der Waals surface area contributed by atoms with Gasteiger partial charge in [-0.1, -0.05) is 11.2 Å². The van der Waals surface area contributed by atoms with Crippen molar-refractivity contribution >= 4 is 17.3 Å². The van der Waals surface area contributed by atoms with Gasteiger partial charge in [0.2, 0.25) is 5.91 Å². The predicted octanol–water partition coefficient (Wildman–Crippen LogP) is 1.29. The van der Waals surface area contributed by atoms with Crippen LogP contribution in [0.5, 0.6) is 0 Å². The van der Waals surface area contributed by atoms with Gasteiger partial charge in [-0.05, 0) is 12.1 Å². The molecule has 124 valence electrons. The zero-order valence-electron chi connectivity index (χ0n) is 13.0. The van der Waals surface area contributed by atoms with Gasteiger partial charge in [0.15, 0.2) is 0 Å². The predicted molar refractivity (Wildman–Crippen MR) is 84.1 cm³/mol. The second-order valence-electron chi connectivity index (χ2n) is 5.67. The molecule has 1 aromatic rings. The van der Waals surface area contributed by atoms with Crippen molar-refractivity contribution in [3.63, 3.8) is 0 Å². The van der Waals surface area contributed by atoms with Crippen LogP contribution in [-0.4, -0.2) is 50.6 Å². The molecule has 0 aliphatic carbocycles. The van der Waals surface area contributed by atoms with Crippen molar-refractivity contribution in [2.75, 3.05) is 37.7 Å². The molecule has 0 radical (unpaired) electrons. The molecular formula is C16H20FN3O3. The quantitative estimate of drug-likeness (QED) is 0.908. The van der Waals surface area contributed by atoms with Crippen LogP contribution >= 0.6 is 0 Å². The fraction of sp³-hybridized carbons (Fsp3) is 0.500. The first-order chi connectivity index (χ1) is 11.1. The van der Waals surface area contributed by atoms with Gasteiger partial charge in [0, 0.05) is 32.0 Å². The molecule has 23 heavy (non-hydrogen) atoms. The Morgan fingerprint density at radius 3 is 2.91 bits per heavy atom. The lowest BCUT2D eigenvalue weighted by Gasteiger charge is -2.29. The standard InChI is InChI=1S/C16H20FN3O3/c1-11(21)18-10-13-9-15(19-23-13)12-2-3-16(14(17)8-12)20-4-6-22-7-5-20/h2-3,8,13H,4-7,9-10H2,1H3,(H,18,21)/t13-/m1/s1. The van der Waals surface area contributed by atoms with Gasteiger partial charge in [-0.3, -0.25) is 4.79 Å². The number of nitrogens with one attached hydrogen (secondary N) is 1. The van der Waals surface area contributed by atoms with Crippen LogP contribution in [0, 0.1) is 5.82 Å². The summed E-state index contributed by atoms with van der Waals surface area (Å²) in [7, 11) is 0. The van der Waals surface area contributed by atoms with Crippen molar-refractivity contribution in [1.29, 1.82) is 0 Å². The minimum Gasteiger partial charge on any atom is -0.390 e. The molecule has 1 aromatic carbocycles. The minimum atomic E-state index is -0.266. The molecule has 0 saturated carbocycles. The lowest BCUT2D eigenvalue weighted by molar-refractivity contribution is -0.119. The number of ether oxygens (including phenoxy) is 1. The molecule has 2 heterocycles. The Kier molecular flexibility index (Phi) is 4.76. The van der Waals surface area contributed by atoms with Crippen molar-refractivity contribution in [3.8, 4) is 0 Å². The first-order valence-corrected chi connectivity index (χ1v) is 7.73. The molecule has 2 aliphatic heterocycles. The van der Waals surface area contributed by atoms with E-state index < -0.39 is 0 Å². The molecule has 7 heteroatoms. The molecule has 1 atom stereocenters. The molecule has 6 nitrogen and oxygen atoms in total. The molecule has 1 saturated heterocycles. The number of carbonyl (C=O) groups is 1. The fourth-order valence-corrected chi connectivity index (χ4v) is 2.71. The lowest BCUT2D eigenvalue weighted by Crippen LogP contribution is -2.36. The van der Waals surface area contributed by atoms with E-state index in [4.69, 9.17) is 9.57 Å². The Morgan fingerprint density at radius 2 is 2.22 bits per heavy atom. The summed E-state index contributed by atoms with van der Waals surface area (Å²) in [6.07, 6.45) is 0.354. The third-order valence-electron chi connectivity index (χ3n) is 3.94. The van der Waals surface area contributed by atoms with Crippen LogP contribution in [0.1, 0.15) is 18.9 Å². The maximum atomic E-state index is 14.4. The lowest BCUT2D eigenvalue weighted by atomic mass is 10.0. The van der Waals surface area contributed by atoms with E-state index in [1.807, 2.05) is 11.0 Å². The molecule has 0 bridgehead atoms. The maximum absolute atomic E-state index is 14.4. The zero-order valence-corrected chi connectivity index (χ0v) is 13.0. The largest absolute Gasteiger partial charge is 0.390 e. The van der Waals surface area contributed by atoms with E-state index in [2.05, 4.69) is 10.5 Å². The number of morpholine rings is 1. The summed E-state index contributed by atoms with van der Waals surface area (Å²) in [6.45, 7) is 4.48. The number of carbonyl (C=O) groups excluding carboxylic acids is 1. The van der Waals surface area contributed by atoms with Crippen molar-refractivity contribution in [2.45, 2.75) is 19.4 Å². The number of halogens is 1. The van der Waals surface area contributed by atoms with Crippen LogP contribution in [0.25, 0.3) is 0 Å². The normalized spacial score (nSPS) is 20.9. The Labute approximate surface area is 134 Å². The van der Waals surface area contributed by atoms with E-state index in [0.29, 0.717) is 56.2 Å². The van der Waals surface area contributed by atoms with Crippen LogP contribution in [-0.2, 0) is 14.4 Å². The molecule has 0 unspecified atom stereocenters. The molecule has 3 rings (SSSR count). The van der Waals surface area contributed by atoms with Gasteiger partial charge in [-0.15, -0.1) is 0 Å². The summed E-state index contributed by atoms with van der Waals surface area (Å²) in [4.78, 5) is 18.2. The highest BCUT2D eigenvalue weighted by Gasteiger charge is 2.23. The Hall–Kier alpha value is -2.15. The first kappa shape index (κ1) is 15.7. The van der Waals surface area contributed by atoms with Crippen LogP contribution in [0.4, 0.5) is 10.1 Å². The second-order valence-corrected chi connectivity index (χ2v) is 5.67. The number of hydrogen-bond acceptors (Lipinski definition) is 5. The first-order valence-electron chi connectivity index (χ1n) is 7.73. The van der Waals surface area contributed by atoms with Crippen LogP contribution < -0.4 is 10.2 Å². The summed E-state index contributed by atoms with van der Waals surface area (Å²) in [5.41, 5.74) is 2.00. The smallest absolute Gasteiger partial charge is 0.217 e. The molecule has 0 aromatic heterocycles. The average molecular weight is 321 g/mol. The molecule has 1 fully saturated rings. The van der Waals surface area contributed by atoms with E-state index in [1.165, 1.54) is 13.0 Å². The molecular weight excluding hydrogens is 301 g/mol. The minimum absolute atomic E-state index is 0.108. The topological polar surface area (TPSA) is 63.2 Å². The Balaban J connectivity index is 1.65. The van der Waals surface area contributed by atoms with E-state index in [0.717, 1.165) is 0 Å². The number of anilines is 1. The van der Waals surface area contributed by atoms with Crippen molar-refractivity contribution in [3.05, 3.63) is 29.6 Å². The highest BCUT2D eigenvalue weighted by Crippen LogP contribution is 2.24. The molecule has 2 aliphatic rings. The molecule has 0 spiro atoms.